The van der Waals surface area contributed by atoms with E-state index in [-0.39, 0.29) is 16.8 Å². The van der Waals surface area contributed by atoms with Crippen molar-refractivity contribution in [3.63, 3.8) is 0 Å². The molecule has 0 fully saturated rings. The molecule has 3 N–H and O–H groups in total. The highest BCUT2D eigenvalue weighted by Crippen LogP contribution is 2.16. The van der Waals surface area contributed by atoms with Crippen molar-refractivity contribution in [3.8, 4) is 0 Å². The van der Waals surface area contributed by atoms with Crippen LogP contribution in [0, 0.1) is 0 Å². The Bertz CT molecular complexity index is 484. The maximum absolute atomic E-state index is 12.1. The largest absolute Gasteiger partial charge is 0.381 e. The third-order valence-electron chi connectivity index (χ3n) is 2.30. The molecule has 0 spiro atoms. The van der Waals surface area contributed by atoms with E-state index in [1.54, 1.807) is 11.8 Å². The number of aryl methyl sites for hydroxylation is 1. The number of anilines is 1. The number of nitrogens with one attached hydrogen (secondary N) is 1. The van der Waals surface area contributed by atoms with Gasteiger partial charge in [-0.2, -0.15) is 16.9 Å². The third-order valence-corrected chi connectivity index (χ3v) is 5.05. The number of nitrogens with zero attached hydrogens (tertiary/aromatic N) is 2. The zero-order chi connectivity index (χ0) is 13.8. The highest BCUT2D eigenvalue weighted by molar-refractivity contribution is 7.99. The quantitative estimate of drug-likeness (QED) is 0.779. The first-order chi connectivity index (χ1) is 8.40. The molecule has 1 heterocycles. The number of hydrogen-bond donors (Lipinski definition) is 2. The lowest BCUT2D eigenvalue weighted by atomic mass is 10.4. The zero-order valence-corrected chi connectivity index (χ0v) is 12.5. The van der Waals surface area contributed by atoms with Gasteiger partial charge >= 0.3 is 0 Å². The van der Waals surface area contributed by atoms with E-state index in [1.165, 1.54) is 10.9 Å². The Morgan fingerprint density at radius 1 is 1.56 bits per heavy atom. The molecule has 104 valence electrons. The van der Waals surface area contributed by atoms with Gasteiger partial charge in [0.2, 0.25) is 10.0 Å². The lowest BCUT2D eigenvalue weighted by Crippen LogP contribution is -2.34. The van der Waals surface area contributed by atoms with Crippen molar-refractivity contribution in [2.24, 2.45) is 0 Å². The van der Waals surface area contributed by atoms with E-state index in [4.69, 9.17) is 5.73 Å². The van der Waals surface area contributed by atoms with E-state index in [9.17, 15) is 8.42 Å². The van der Waals surface area contributed by atoms with E-state index in [1.807, 2.05) is 20.8 Å². The molecule has 0 aliphatic rings. The van der Waals surface area contributed by atoms with Crippen LogP contribution in [0.3, 0.4) is 0 Å². The Hall–Kier alpha value is -0.730. The summed E-state index contributed by atoms with van der Waals surface area (Å²) in [5.74, 6) is 1.74. The highest BCUT2D eigenvalue weighted by Gasteiger charge is 2.22. The first-order valence-electron chi connectivity index (χ1n) is 5.83. The fourth-order valence-corrected chi connectivity index (χ4v) is 3.54. The predicted octanol–water partition coefficient (Wildman–Crippen LogP) is 0.905. The molecule has 1 rings (SSSR count). The molecular formula is C10H20N4O2S2. The summed E-state index contributed by atoms with van der Waals surface area (Å²) in [4.78, 5) is 0.0534. The maximum Gasteiger partial charge on any atom is 0.246 e. The molecule has 0 saturated carbocycles. The van der Waals surface area contributed by atoms with Gasteiger partial charge in [0.15, 0.2) is 5.82 Å². The molecule has 1 unspecified atom stereocenters. The third kappa shape index (κ3) is 3.89. The van der Waals surface area contributed by atoms with Crippen LogP contribution in [0.2, 0.25) is 0 Å². The summed E-state index contributed by atoms with van der Waals surface area (Å²) in [6.45, 7) is 6.33. The van der Waals surface area contributed by atoms with Crippen molar-refractivity contribution in [3.05, 3.63) is 6.20 Å². The standard InChI is InChI=1S/C10H20N4O2S2/c1-4-14-6-9(10(11)12-14)18(15,16)13-8(3)7-17-5-2/h6,8,13H,4-5,7H2,1-3H3,(H2,11,12). The Morgan fingerprint density at radius 2 is 2.22 bits per heavy atom. The first-order valence-corrected chi connectivity index (χ1v) is 8.47. The molecule has 0 saturated heterocycles. The topological polar surface area (TPSA) is 90.0 Å². The summed E-state index contributed by atoms with van der Waals surface area (Å²) in [6.07, 6.45) is 1.46. The minimum Gasteiger partial charge on any atom is -0.381 e. The number of rotatable bonds is 7. The van der Waals surface area contributed by atoms with Crippen LogP contribution in [0.5, 0.6) is 0 Å². The molecule has 0 amide bonds. The summed E-state index contributed by atoms with van der Waals surface area (Å²) < 4.78 is 28.3. The van der Waals surface area contributed by atoms with Gasteiger partial charge in [-0.25, -0.2) is 13.1 Å². The molecule has 1 atom stereocenters. The number of hydrogen-bond acceptors (Lipinski definition) is 5. The second-order valence-corrected chi connectivity index (χ2v) is 6.92. The maximum atomic E-state index is 12.1. The molecule has 0 aromatic carbocycles. The first kappa shape index (κ1) is 15.3. The van der Waals surface area contributed by atoms with Gasteiger partial charge in [-0.3, -0.25) is 4.68 Å². The van der Waals surface area contributed by atoms with Crippen molar-refractivity contribution in [1.29, 1.82) is 0 Å². The van der Waals surface area contributed by atoms with E-state index in [0.29, 0.717) is 6.54 Å². The Kier molecular flexibility index (Phi) is 5.48. The minimum absolute atomic E-state index is 0.0414. The van der Waals surface area contributed by atoms with Crippen molar-refractivity contribution in [1.82, 2.24) is 14.5 Å². The molecule has 0 aliphatic heterocycles. The van der Waals surface area contributed by atoms with E-state index >= 15 is 0 Å². The Balaban J connectivity index is 2.82. The summed E-state index contributed by atoms with van der Waals surface area (Å²) in [5, 5.41) is 3.93. The molecule has 0 radical (unpaired) electrons. The summed E-state index contributed by atoms with van der Waals surface area (Å²) in [6, 6.07) is -0.135. The second kappa shape index (κ2) is 6.44. The number of thioether (sulfide) groups is 1. The van der Waals surface area contributed by atoms with Crippen molar-refractivity contribution in [2.75, 3.05) is 17.2 Å². The Labute approximate surface area is 112 Å². The SMILES string of the molecule is CCSCC(C)NS(=O)(=O)c1cn(CC)nc1N. The highest BCUT2D eigenvalue weighted by atomic mass is 32.2. The van der Waals surface area contributed by atoms with E-state index < -0.39 is 10.0 Å². The monoisotopic (exact) mass is 292 g/mol. The zero-order valence-electron chi connectivity index (χ0n) is 10.9. The average molecular weight is 292 g/mol. The molecule has 0 aliphatic carbocycles. The van der Waals surface area contributed by atoms with Crippen LogP contribution in [-0.2, 0) is 16.6 Å². The number of nitrogen functional groups attached to an aromatic ring is 1. The van der Waals surface area contributed by atoms with Crippen LogP contribution in [0.15, 0.2) is 11.1 Å². The lowest BCUT2D eigenvalue weighted by Gasteiger charge is -2.12. The fraction of sp³-hybridized carbons (Fsp3) is 0.700. The van der Waals surface area contributed by atoms with Crippen LogP contribution in [0.4, 0.5) is 5.82 Å². The smallest absolute Gasteiger partial charge is 0.246 e. The van der Waals surface area contributed by atoms with Gasteiger partial charge in [0.25, 0.3) is 0 Å². The van der Waals surface area contributed by atoms with E-state index in [2.05, 4.69) is 9.82 Å². The predicted molar refractivity (Wildman–Crippen MR) is 75.1 cm³/mol. The van der Waals surface area contributed by atoms with Crippen LogP contribution in [0.1, 0.15) is 20.8 Å². The lowest BCUT2D eigenvalue weighted by molar-refractivity contribution is 0.571. The van der Waals surface area contributed by atoms with Crippen LogP contribution >= 0.6 is 11.8 Å². The van der Waals surface area contributed by atoms with Gasteiger partial charge in [0.05, 0.1) is 0 Å². The van der Waals surface area contributed by atoms with Crippen LogP contribution in [0.25, 0.3) is 0 Å². The molecule has 18 heavy (non-hydrogen) atoms. The molecular weight excluding hydrogens is 272 g/mol. The van der Waals surface area contributed by atoms with E-state index in [0.717, 1.165) is 11.5 Å². The molecule has 6 nitrogen and oxygen atoms in total. The van der Waals surface area contributed by atoms with Gasteiger partial charge in [-0.15, -0.1) is 0 Å². The van der Waals surface area contributed by atoms with Gasteiger partial charge in [-0.1, -0.05) is 6.92 Å². The normalized spacial score (nSPS) is 13.7. The second-order valence-electron chi connectivity index (χ2n) is 3.92. The van der Waals surface area contributed by atoms with Crippen molar-refractivity contribution in [2.45, 2.75) is 38.3 Å². The number of nitrogens with two attached hydrogens (primary N) is 1. The van der Waals surface area contributed by atoms with Crippen LogP contribution < -0.4 is 10.5 Å². The molecule has 1 aromatic heterocycles. The average Bonchev–Trinajstić information content (AvgIpc) is 2.68. The summed E-state index contributed by atoms with van der Waals surface area (Å²) in [7, 11) is -3.58. The van der Waals surface area contributed by atoms with Crippen LogP contribution in [-0.4, -0.2) is 35.7 Å². The van der Waals surface area contributed by atoms with Gasteiger partial charge < -0.3 is 5.73 Å². The van der Waals surface area contributed by atoms with Gasteiger partial charge in [0.1, 0.15) is 4.90 Å². The summed E-state index contributed by atoms with van der Waals surface area (Å²) in [5.41, 5.74) is 5.62. The molecule has 0 bridgehead atoms. The van der Waals surface area contributed by atoms with Crippen molar-refractivity contribution >= 4 is 27.6 Å². The Morgan fingerprint density at radius 3 is 2.72 bits per heavy atom. The van der Waals surface area contributed by atoms with Crippen molar-refractivity contribution < 1.29 is 8.42 Å². The van der Waals surface area contributed by atoms with Gasteiger partial charge in [-0.05, 0) is 19.6 Å². The van der Waals surface area contributed by atoms with Gasteiger partial charge in [0, 0.05) is 24.5 Å². The molecule has 8 heteroatoms. The number of aromatic nitrogens is 2. The fourth-order valence-electron chi connectivity index (χ4n) is 1.44. The molecule has 1 aromatic rings. The number of sulfonamides is 1. The summed E-state index contributed by atoms with van der Waals surface area (Å²) >= 11 is 1.69. The minimum atomic E-state index is -3.58.